The normalized spacial score (nSPS) is 10.3. The van der Waals surface area contributed by atoms with Crippen molar-refractivity contribution in [2.24, 2.45) is 0 Å². The summed E-state index contributed by atoms with van der Waals surface area (Å²) in [6.45, 7) is 2.92. The fourth-order valence-corrected chi connectivity index (χ4v) is 2.07. The zero-order chi connectivity index (χ0) is 11.2. The van der Waals surface area contributed by atoms with E-state index in [1.165, 1.54) is 0 Å². The Morgan fingerprint density at radius 3 is 3.06 bits per heavy atom. The van der Waals surface area contributed by atoms with E-state index in [4.69, 9.17) is 4.42 Å². The number of rotatable bonds is 5. The first-order valence-electron chi connectivity index (χ1n) is 5.10. The molecule has 0 aliphatic heterocycles. The molecule has 0 atom stereocenters. The van der Waals surface area contributed by atoms with Crippen LogP contribution < -0.4 is 5.32 Å². The molecule has 2 rings (SSSR count). The molecule has 5 heteroatoms. The molecule has 0 unspecified atom stereocenters. The van der Waals surface area contributed by atoms with E-state index in [2.05, 4.69) is 28.3 Å². The minimum Gasteiger partial charge on any atom is -0.440 e. The molecule has 16 heavy (non-hydrogen) atoms. The van der Waals surface area contributed by atoms with Gasteiger partial charge in [-0.25, -0.2) is 9.97 Å². The second-order valence-corrected chi connectivity index (χ2v) is 4.05. The Hall–Kier alpha value is -1.49. The Bertz CT molecular complexity index is 431. The third-order valence-corrected chi connectivity index (χ3v) is 2.90. The summed E-state index contributed by atoms with van der Waals surface area (Å²) >= 11 is 1.56. The lowest BCUT2D eigenvalue weighted by atomic mass is 10.3. The van der Waals surface area contributed by atoms with Crippen LogP contribution in [0.5, 0.6) is 0 Å². The van der Waals surface area contributed by atoms with E-state index in [9.17, 15) is 0 Å². The molecule has 0 aliphatic rings. The van der Waals surface area contributed by atoms with Gasteiger partial charge in [-0.1, -0.05) is 17.8 Å². The van der Waals surface area contributed by atoms with Gasteiger partial charge in [0.2, 0.25) is 0 Å². The van der Waals surface area contributed by atoms with Crippen molar-refractivity contribution in [1.82, 2.24) is 9.97 Å². The van der Waals surface area contributed by atoms with Gasteiger partial charge in [-0.15, -0.1) is 0 Å². The number of nitrogens with zero attached hydrogens (tertiary/aromatic N) is 2. The molecule has 0 spiro atoms. The fourth-order valence-electron chi connectivity index (χ4n) is 1.30. The van der Waals surface area contributed by atoms with Crippen LogP contribution in [0.2, 0.25) is 0 Å². The Balaban J connectivity index is 2.03. The third-order valence-electron chi connectivity index (χ3n) is 2.00. The van der Waals surface area contributed by atoms with Crippen LogP contribution in [0.4, 0.5) is 5.82 Å². The molecule has 2 aromatic rings. The smallest absolute Gasteiger partial charge is 0.255 e. The van der Waals surface area contributed by atoms with Crippen LogP contribution in [0.1, 0.15) is 12.5 Å². The quantitative estimate of drug-likeness (QED) is 0.807. The molecule has 2 heterocycles. The summed E-state index contributed by atoms with van der Waals surface area (Å²) in [5.74, 6) is 1.74. The van der Waals surface area contributed by atoms with E-state index in [1.54, 1.807) is 30.4 Å². The molecule has 0 aromatic carbocycles. The second kappa shape index (κ2) is 5.55. The summed E-state index contributed by atoms with van der Waals surface area (Å²) in [4.78, 5) is 8.36. The number of nitrogens with one attached hydrogen (secondary N) is 1. The summed E-state index contributed by atoms with van der Waals surface area (Å²) in [6, 6.07) is 3.99. The van der Waals surface area contributed by atoms with Gasteiger partial charge in [0.05, 0.1) is 6.20 Å². The molecule has 2 aromatic heterocycles. The predicted molar refractivity (Wildman–Crippen MR) is 64.5 cm³/mol. The van der Waals surface area contributed by atoms with Crippen LogP contribution in [0.3, 0.4) is 0 Å². The number of oxazole rings is 1. The highest BCUT2D eigenvalue weighted by atomic mass is 32.2. The highest BCUT2D eigenvalue weighted by Gasteiger charge is 2.04. The van der Waals surface area contributed by atoms with Crippen molar-refractivity contribution < 1.29 is 4.42 Å². The maximum absolute atomic E-state index is 5.17. The average molecular weight is 235 g/mol. The lowest BCUT2D eigenvalue weighted by molar-refractivity contribution is 0.454. The van der Waals surface area contributed by atoms with Crippen LogP contribution in [0.15, 0.2) is 40.4 Å². The van der Waals surface area contributed by atoms with Crippen molar-refractivity contribution in [3.05, 3.63) is 36.4 Å². The topological polar surface area (TPSA) is 51.0 Å². The van der Waals surface area contributed by atoms with Crippen LogP contribution in [-0.4, -0.2) is 16.5 Å². The van der Waals surface area contributed by atoms with Crippen LogP contribution in [-0.2, 0) is 5.75 Å². The number of hydrogen-bond donors (Lipinski definition) is 1. The number of pyridine rings is 1. The summed E-state index contributed by atoms with van der Waals surface area (Å²) in [5.41, 5.74) is 1.16. The lowest BCUT2D eigenvalue weighted by Gasteiger charge is -2.07. The number of aromatic nitrogens is 2. The van der Waals surface area contributed by atoms with Gasteiger partial charge in [0.15, 0.2) is 0 Å². The van der Waals surface area contributed by atoms with Crippen molar-refractivity contribution in [3.8, 4) is 0 Å². The molecule has 0 fully saturated rings. The maximum atomic E-state index is 5.17. The number of hydrogen-bond acceptors (Lipinski definition) is 5. The average Bonchev–Trinajstić information content (AvgIpc) is 2.81. The van der Waals surface area contributed by atoms with Crippen molar-refractivity contribution in [2.45, 2.75) is 17.9 Å². The van der Waals surface area contributed by atoms with Gasteiger partial charge in [-0.05, 0) is 13.0 Å². The first-order chi connectivity index (χ1) is 7.90. The second-order valence-electron chi connectivity index (χ2n) is 3.13. The number of anilines is 1. The predicted octanol–water partition coefficient (Wildman–Crippen LogP) is 2.79. The van der Waals surface area contributed by atoms with E-state index >= 15 is 0 Å². The standard InChI is InChI=1S/C11H13N3OS/c1-2-12-10-9(4-3-5-13-10)8-16-11-14-6-7-15-11/h3-7H,2,8H2,1H3,(H,12,13). The van der Waals surface area contributed by atoms with Gasteiger partial charge in [-0.3, -0.25) is 0 Å². The Morgan fingerprint density at radius 1 is 1.38 bits per heavy atom. The zero-order valence-corrected chi connectivity index (χ0v) is 9.83. The van der Waals surface area contributed by atoms with E-state index in [0.717, 1.165) is 23.7 Å². The van der Waals surface area contributed by atoms with Gasteiger partial charge in [0.1, 0.15) is 12.1 Å². The maximum Gasteiger partial charge on any atom is 0.255 e. The van der Waals surface area contributed by atoms with Gasteiger partial charge in [0.25, 0.3) is 5.22 Å². The SMILES string of the molecule is CCNc1ncccc1CSc1ncco1. The Kier molecular flexibility index (Phi) is 3.82. The van der Waals surface area contributed by atoms with E-state index in [-0.39, 0.29) is 0 Å². The van der Waals surface area contributed by atoms with Gasteiger partial charge in [-0.2, -0.15) is 0 Å². The molecule has 84 valence electrons. The monoisotopic (exact) mass is 235 g/mol. The minimum absolute atomic E-state index is 0.686. The molecule has 0 bridgehead atoms. The van der Waals surface area contributed by atoms with Crippen molar-refractivity contribution in [3.63, 3.8) is 0 Å². The van der Waals surface area contributed by atoms with Crippen molar-refractivity contribution in [2.75, 3.05) is 11.9 Å². The number of thioether (sulfide) groups is 1. The highest BCUT2D eigenvalue weighted by molar-refractivity contribution is 7.98. The summed E-state index contributed by atoms with van der Waals surface area (Å²) in [7, 11) is 0. The molecule has 0 amide bonds. The van der Waals surface area contributed by atoms with Crippen LogP contribution in [0, 0.1) is 0 Å². The minimum atomic E-state index is 0.686. The van der Waals surface area contributed by atoms with Crippen LogP contribution >= 0.6 is 11.8 Å². The molecule has 0 aliphatic carbocycles. The zero-order valence-electron chi connectivity index (χ0n) is 9.01. The van der Waals surface area contributed by atoms with E-state index < -0.39 is 0 Å². The van der Waals surface area contributed by atoms with Crippen LogP contribution in [0.25, 0.3) is 0 Å². The summed E-state index contributed by atoms with van der Waals surface area (Å²) in [5, 5.41) is 3.92. The van der Waals surface area contributed by atoms with Crippen molar-refractivity contribution >= 4 is 17.6 Å². The first-order valence-corrected chi connectivity index (χ1v) is 6.08. The molecule has 1 N–H and O–H groups in total. The summed E-state index contributed by atoms with van der Waals surface area (Å²) < 4.78 is 5.17. The van der Waals surface area contributed by atoms with E-state index in [1.807, 2.05) is 6.07 Å². The molecule has 0 radical (unpaired) electrons. The van der Waals surface area contributed by atoms with Gasteiger partial charge >= 0.3 is 0 Å². The van der Waals surface area contributed by atoms with Gasteiger partial charge < -0.3 is 9.73 Å². The largest absolute Gasteiger partial charge is 0.440 e. The molecule has 0 saturated carbocycles. The molecule has 4 nitrogen and oxygen atoms in total. The van der Waals surface area contributed by atoms with E-state index in [0.29, 0.717) is 5.22 Å². The first kappa shape index (κ1) is 11.0. The van der Waals surface area contributed by atoms with Crippen molar-refractivity contribution in [1.29, 1.82) is 0 Å². The molecule has 0 saturated heterocycles. The fraction of sp³-hybridized carbons (Fsp3) is 0.273. The molecular weight excluding hydrogens is 222 g/mol. The highest BCUT2D eigenvalue weighted by Crippen LogP contribution is 2.23. The summed E-state index contributed by atoms with van der Waals surface area (Å²) in [6.07, 6.45) is 5.02. The van der Waals surface area contributed by atoms with Gasteiger partial charge in [0, 0.05) is 24.1 Å². The lowest BCUT2D eigenvalue weighted by Crippen LogP contribution is -2.02. The molecular formula is C11H13N3OS. The Morgan fingerprint density at radius 2 is 2.31 bits per heavy atom. The third kappa shape index (κ3) is 2.76. The Labute approximate surface area is 98.5 Å².